The van der Waals surface area contributed by atoms with Crippen molar-refractivity contribution in [3.8, 4) is 45.5 Å². The summed E-state index contributed by atoms with van der Waals surface area (Å²) in [5.41, 5.74) is 11.1. The molecule has 12 aromatic rings. The second-order valence-electron chi connectivity index (χ2n) is 14.4. The molecular formula is C51H31N5O. The molecule has 4 heterocycles. The maximum atomic E-state index is 6.33. The van der Waals surface area contributed by atoms with E-state index in [2.05, 4.69) is 143 Å². The molecule has 0 atom stereocenters. The van der Waals surface area contributed by atoms with Gasteiger partial charge in [0.2, 0.25) is 5.95 Å². The molecule has 6 heteroatoms. The molecule has 0 aliphatic rings. The Kier molecular flexibility index (Phi) is 6.83. The van der Waals surface area contributed by atoms with Crippen LogP contribution < -0.4 is 0 Å². The van der Waals surface area contributed by atoms with E-state index in [4.69, 9.17) is 19.4 Å². The Morgan fingerprint density at radius 1 is 0.368 bits per heavy atom. The van der Waals surface area contributed by atoms with E-state index in [1.54, 1.807) is 0 Å². The van der Waals surface area contributed by atoms with E-state index in [1.165, 1.54) is 5.56 Å². The third kappa shape index (κ3) is 4.81. The van der Waals surface area contributed by atoms with Crippen LogP contribution in [-0.4, -0.2) is 24.1 Å². The van der Waals surface area contributed by atoms with E-state index >= 15 is 0 Å². The largest absolute Gasteiger partial charge is 0.456 e. The van der Waals surface area contributed by atoms with E-state index in [-0.39, 0.29) is 0 Å². The second kappa shape index (κ2) is 12.3. The summed E-state index contributed by atoms with van der Waals surface area (Å²) in [5, 5.41) is 6.68. The summed E-state index contributed by atoms with van der Waals surface area (Å²) in [6.07, 6.45) is 0. The Hall–Kier alpha value is -7.83. The average Bonchev–Trinajstić information content (AvgIpc) is 3.94. The van der Waals surface area contributed by atoms with E-state index in [0.717, 1.165) is 87.9 Å². The molecule has 8 aromatic carbocycles. The van der Waals surface area contributed by atoms with Crippen LogP contribution in [0.4, 0.5) is 0 Å². The van der Waals surface area contributed by atoms with Crippen LogP contribution in [0, 0.1) is 0 Å². The van der Waals surface area contributed by atoms with Gasteiger partial charge in [-0.1, -0.05) is 146 Å². The van der Waals surface area contributed by atoms with Crippen molar-refractivity contribution in [1.29, 1.82) is 0 Å². The zero-order chi connectivity index (χ0) is 37.5. The van der Waals surface area contributed by atoms with Crippen molar-refractivity contribution in [3.63, 3.8) is 0 Å². The van der Waals surface area contributed by atoms with E-state index in [1.807, 2.05) is 54.6 Å². The topological polar surface area (TPSA) is 61.7 Å². The minimum absolute atomic E-state index is 0.545. The Balaban J connectivity index is 1.18. The second-order valence-corrected chi connectivity index (χ2v) is 14.4. The zero-order valence-electron chi connectivity index (χ0n) is 30.5. The molecule has 0 bridgehead atoms. The van der Waals surface area contributed by atoms with Gasteiger partial charge >= 0.3 is 0 Å². The highest BCUT2D eigenvalue weighted by atomic mass is 16.3. The van der Waals surface area contributed by atoms with E-state index < -0.39 is 0 Å². The monoisotopic (exact) mass is 729 g/mol. The van der Waals surface area contributed by atoms with Gasteiger partial charge < -0.3 is 8.98 Å². The number of nitrogens with zero attached hydrogens (tertiary/aromatic N) is 5. The Morgan fingerprint density at radius 2 is 0.965 bits per heavy atom. The summed E-state index contributed by atoms with van der Waals surface area (Å²) in [5.74, 6) is 1.71. The van der Waals surface area contributed by atoms with Crippen LogP contribution in [0.3, 0.4) is 0 Å². The summed E-state index contributed by atoms with van der Waals surface area (Å²) in [4.78, 5) is 15.7. The van der Waals surface area contributed by atoms with Crippen LogP contribution in [0.15, 0.2) is 192 Å². The summed E-state index contributed by atoms with van der Waals surface area (Å²) in [6.45, 7) is 0. The highest BCUT2D eigenvalue weighted by Crippen LogP contribution is 2.43. The smallest absolute Gasteiger partial charge is 0.238 e. The van der Waals surface area contributed by atoms with Crippen molar-refractivity contribution in [3.05, 3.63) is 188 Å². The van der Waals surface area contributed by atoms with Crippen molar-refractivity contribution in [2.24, 2.45) is 0 Å². The van der Waals surface area contributed by atoms with Crippen LogP contribution in [0.2, 0.25) is 0 Å². The number of hydrogen-bond donors (Lipinski definition) is 0. The first-order valence-electron chi connectivity index (χ1n) is 19.1. The van der Waals surface area contributed by atoms with E-state index in [9.17, 15) is 0 Å². The summed E-state index contributed by atoms with van der Waals surface area (Å²) in [7, 11) is 0. The lowest BCUT2D eigenvalue weighted by molar-refractivity contribution is 0.669. The van der Waals surface area contributed by atoms with Crippen LogP contribution in [0.5, 0.6) is 0 Å². The SMILES string of the molecule is c1ccc(-c2nc(-c3ccc4c(c3)oc3ccccc34)nc(-n3c4ccccc4c4ccc5c(c6ccccc6n5-c5ccccc5-c5ccccc5)c43)n2)cc1. The average molecular weight is 730 g/mol. The molecule has 0 aliphatic heterocycles. The molecule has 0 aliphatic carbocycles. The lowest BCUT2D eigenvalue weighted by Crippen LogP contribution is -2.06. The predicted molar refractivity (Wildman–Crippen MR) is 232 cm³/mol. The highest BCUT2D eigenvalue weighted by molar-refractivity contribution is 6.26. The lowest BCUT2D eigenvalue weighted by atomic mass is 10.0. The number of rotatable bonds is 5. The predicted octanol–water partition coefficient (Wildman–Crippen LogP) is 13.0. The van der Waals surface area contributed by atoms with Crippen molar-refractivity contribution < 1.29 is 4.42 Å². The standard InChI is InChI=1S/C51H31N5O/c1-3-15-32(16-4-1)35-19-7-11-23-41(35)55-43-25-13-9-22-40(43)47-44(55)30-29-39-36-20-8-12-24-42(36)56(48(39)47)51-53-49(33-17-5-2-6-18-33)52-50(54-51)34-27-28-38-37-21-10-14-26-45(37)57-46(38)31-34/h1-31H. The minimum Gasteiger partial charge on any atom is -0.456 e. The molecule has 0 spiro atoms. The third-order valence-electron chi connectivity index (χ3n) is 11.2. The summed E-state index contributed by atoms with van der Waals surface area (Å²) in [6, 6.07) is 65.6. The number of benzene rings is 8. The van der Waals surface area contributed by atoms with Crippen LogP contribution in [0.1, 0.15) is 0 Å². The molecule has 57 heavy (non-hydrogen) atoms. The Bertz CT molecular complexity index is 3520. The molecular weight excluding hydrogens is 699 g/mol. The molecule has 12 rings (SSSR count). The number of furan rings is 1. The fourth-order valence-corrected chi connectivity index (χ4v) is 8.68. The van der Waals surface area contributed by atoms with Crippen LogP contribution in [0.25, 0.3) is 111 Å². The van der Waals surface area contributed by atoms with Gasteiger partial charge in [0, 0.05) is 49.0 Å². The highest BCUT2D eigenvalue weighted by Gasteiger charge is 2.24. The first-order chi connectivity index (χ1) is 28.3. The third-order valence-corrected chi connectivity index (χ3v) is 11.2. The van der Waals surface area contributed by atoms with Crippen LogP contribution >= 0.6 is 0 Å². The first kappa shape index (κ1) is 31.5. The molecule has 6 nitrogen and oxygen atoms in total. The van der Waals surface area contributed by atoms with Crippen LogP contribution in [-0.2, 0) is 0 Å². The maximum Gasteiger partial charge on any atom is 0.238 e. The molecule has 0 fully saturated rings. The van der Waals surface area contributed by atoms with Gasteiger partial charge in [0.15, 0.2) is 11.6 Å². The molecule has 0 unspecified atom stereocenters. The van der Waals surface area contributed by atoms with Gasteiger partial charge in [-0.25, -0.2) is 4.98 Å². The lowest BCUT2D eigenvalue weighted by Gasteiger charge is -2.14. The van der Waals surface area contributed by atoms with Gasteiger partial charge in [-0.3, -0.25) is 4.57 Å². The van der Waals surface area contributed by atoms with E-state index in [0.29, 0.717) is 17.6 Å². The molecule has 0 saturated carbocycles. The maximum absolute atomic E-state index is 6.33. The normalized spacial score (nSPS) is 11.9. The first-order valence-corrected chi connectivity index (χ1v) is 19.1. The van der Waals surface area contributed by atoms with Crippen molar-refractivity contribution >= 4 is 65.6 Å². The van der Waals surface area contributed by atoms with Crippen molar-refractivity contribution in [1.82, 2.24) is 24.1 Å². The summed E-state index contributed by atoms with van der Waals surface area (Å²) >= 11 is 0. The Labute approximate surface area is 326 Å². The fourth-order valence-electron chi connectivity index (χ4n) is 8.68. The molecule has 0 amide bonds. The number of fused-ring (bicyclic) bond motifs is 10. The Morgan fingerprint density at radius 3 is 1.77 bits per heavy atom. The van der Waals surface area contributed by atoms with Gasteiger partial charge in [-0.05, 0) is 48.0 Å². The summed E-state index contributed by atoms with van der Waals surface area (Å²) < 4.78 is 11.0. The zero-order valence-corrected chi connectivity index (χ0v) is 30.5. The number of aromatic nitrogens is 5. The fraction of sp³-hybridized carbons (Fsp3) is 0. The minimum atomic E-state index is 0.545. The van der Waals surface area contributed by atoms with Gasteiger partial charge in [0.25, 0.3) is 0 Å². The van der Waals surface area contributed by atoms with Crippen molar-refractivity contribution in [2.75, 3.05) is 0 Å². The molecule has 0 N–H and O–H groups in total. The molecule has 0 saturated heterocycles. The van der Waals surface area contributed by atoms with Gasteiger partial charge in [0.05, 0.1) is 27.8 Å². The number of hydrogen-bond acceptors (Lipinski definition) is 4. The molecule has 0 radical (unpaired) electrons. The van der Waals surface area contributed by atoms with Crippen molar-refractivity contribution in [2.45, 2.75) is 0 Å². The quantitative estimate of drug-likeness (QED) is 0.177. The molecule has 4 aromatic heterocycles. The van der Waals surface area contributed by atoms with Gasteiger partial charge in [-0.15, -0.1) is 0 Å². The molecule has 266 valence electrons. The van der Waals surface area contributed by atoms with Gasteiger partial charge in [0.1, 0.15) is 11.2 Å². The van der Waals surface area contributed by atoms with Gasteiger partial charge in [-0.2, -0.15) is 9.97 Å². The number of para-hydroxylation sites is 4.